The quantitative estimate of drug-likeness (QED) is 0.394. The highest BCUT2D eigenvalue weighted by Crippen LogP contribution is 2.10. The largest absolute Gasteiger partial charge is 0.281 e. The third-order valence-electron chi connectivity index (χ3n) is 2.48. The molecule has 0 saturated heterocycles. The standard InChI is InChI=1S/C12H23ClO.FH/c1-2-3-4-5-6-7-8-9-10-11-12(13)14;/h2-11H2,1H3;1H. The Kier molecular flexibility index (Phi) is 16.0. The van der Waals surface area contributed by atoms with Crippen LogP contribution in [0, 0.1) is 0 Å². The number of halogens is 2. The van der Waals surface area contributed by atoms with E-state index in [-0.39, 0.29) is 9.95 Å². The second kappa shape index (κ2) is 13.9. The normalized spacial score (nSPS) is 9.73. The lowest BCUT2D eigenvalue weighted by Gasteiger charge is -2.00. The second-order valence-electron chi connectivity index (χ2n) is 3.93. The summed E-state index contributed by atoms with van der Waals surface area (Å²) in [5.41, 5.74) is 0. The van der Waals surface area contributed by atoms with Crippen LogP contribution in [0.5, 0.6) is 0 Å². The van der Waals surface area contributed by atoms with Crippen molar-refractivity contribution in [3.63, 3.8) is 0 Å². The molecule has 92 valence electrons. The number of hydrogen-bond acceptors (Lipinski definition) is 1. The Balaban J connectivity index is 0. The molecule has 3 heteroatoms. The summed E-state index contributed by atoms with van der Waals surface area (Å²) in [5.74, 6) is 0. The van der Waals surface area contributed by atoms with Crippen LogP contribution in [0.3, 0.4) is 0 Å². The van der Waals surface area contributed by atoms with Crippen LogP contribution in [0.15, 0.2) is 0 Å². The van der Waals surface area contributed by atoms with Crippen LogP contribution in [0.25, 0.3) is 0 Å². The number of rotatable bonds is 10. The second-order valence-corrected chi connectivity index (χ2v) is 4.36. The number of unbranched alkanes of at least 4 members (excludes halogenated alkanes) is 8. The van der Waals surface area contributed by atoms with E-state index in [2.05, 4.69) is 6.92 Å². The average molecular weight is 239 g/mol. The van der Waals surface area contributed by atoms with E-state index in [0.29, 0.717) is 6.42 Å². The molecule has 0 bridgehead atoms. The zero-order valence-corrected chi connectivity index (χ0v) is 10.5. The van der Waals surface area contributed by atoms with Crippen LogP contribution in [0.2, 0.25) is 0 Å². The monoisotopic (exact) mass is 238 g/mol. The predicted octanol–water partition coefficient (Wildman–Crippen LogP) is 4.83. The lowest BCUT2D eigenvalue weighted by atomic mass is 10.1. The van der Waals surface area contributed by atoms with Crippen molar-refractivity contribution in [2.24, 2.45) is 0 Å². The first kappa shape index (κ1) is 17.3. The van der Waals surface area contributed by atoms with E-state index >= 15 is 0 Å². The molecule has 0 spiro atoms. The highest BCUT2D eigenvalue weighted by Gasteiger charge is 1.95. The molecule has 0 aromatic rings. The third kappa shape index (κ3) is 16.6. The molecule has 0 amide bonds. The molecule has 0 aliphatic heterocycles. The average Bonchev–Trinajstić information content (AvgIpc) is 2.15. The summed E-state index contributed by atoms with van der Waals surface area (Å²) >= 11 is 5.24. The molecule has 0 aliphatic rings. The van der Waals surface area contributed by atoms with Crippen LogP contribution in [0.1, 0.15) is 71.1 Å². The van der Waals surface area contributed by atoms with Crippen molar-refractivity contribution >= 4 is 16.8 Å². The van der Waals surface area contributed by atoms with Gasteiger partial charge in [-0.2, -0.15) is 0 Å². The van der Waals surface area contributed by atoms with Gasteiger partial charge >= 0.3 is 0 Å². The lowest BCUT2D eigenvalue weighted by molar-refractivity contribution is -0.111. The fourth-order valence-corrected chi connectivity index (χ4v) is 1.71. The van der Waals surface area contributed by atoms with Gasteiger partial charge < -0.3 is 0 Å². The van der Waals surface area contributed by atoms with Crippen LogP contribution in [-0.4, -0.2) is 5.24 Å². The molecular formula is C12H24ClFO. The Morgan fingerprint density at radius 3 is 1.67 bits per heavy atom. The zero-order chi connectivity index (χ0) is 10.6. The van der Waals surface area contributed by atoms with Gasteiger partial charge in [-0.25, -0.2) is 0 Å². The van der Waals surface area contributed by atoms with Crippen LogP contribution < -0.4 is 0 Å². The van der Waals surface area contributed by atoms with Crippen molar-refractivity contribution in [3.8, 4) is 0 Å². The summed E-state index contributed by atoms with van der Waals surface area (Å²) in [4.78, 5) is 10.4. The van der Waals surface area contributed by atoms with E-state index in [9.17, 15) is 4.79 Å². The fraction of sp³-hybridized carbons (Fsp3) is 0.917. The van der Waals surface area contributed by atoms with Crippen LogP contribution in [-0.2, 0) is 4.79 Å². The molecule has 0 unspecified atom stereocenters. The molecule has 0 saturated carbocycles. The van der Waals surface area contributed by atoms with Gasteiger partial charge in [0.05, 0.1) is 0 Å². The van der Waals surface area contributed by atoms with E-state index < -0.39 is 0 Å². The Morgan fingerprint density at radius 2 is 1.27 bits per heavy atom. The highest BCUT2D eigenvalue weighted by atomic mass is 35.5. The zero-order valence-electron chi connectivity index (χ0n) is 9.77. The third-order valence-corrected chi connectivity index (χ3v) is 2.67. The molecule has 0 atom stereocenters. The maximum absolute atomic E-state index is 10.4. The van der Waals surface area contributed by atoms with E-state index in [4.69, 9.17) is 11.6 Å². The van der Waals surface area contributed by atoms with Gasteiger partial charge in [0.15, 0.2) is 0 Å². The molecule has 0 aromatic heterocycles. The molecule has 0 N–H and O–H groups in total. The van der Waals surface area contributed by atoms with E-state index in [1.54, 1.807) is 0 Å². The van der Waals surface area contributed by atoms with Gasteiger partial charge in [-0.1, -0.05) is 58.3 Å². The van der Waals surface area contributed by atoms with Crippen LogP contribution >= 0.6 is 11.6 Å². The maximum atomic E-state index is 10.4. The van der Waals surface area contributed by atoms with Crippen molar-refractivity contribution < 1.29 is 9.50 Å². The minimum Gasteiger partial charge on any atom is -0.281 e. The van der Waals surface area contributed by atoms with Gasteiger partial charge in [-0.15, -0.1) is 0 Å². The van der Waals surface area contributed by atoms with E-state index in [0.717, 1.165) is 12.8 Å². The van der Waals surface area contributed by atoms with Crippen molar-refractivity contribution in [3.05, 3.63) is 0 Å². The molecule has 1 nitrogen and oxygen atoms in total. The Bertz CT molecular complexity index is 140. The summed E-state index contributed by atoms with van der Waals surface area (Å²) in [6, 6.07) is 0. The van der Waals surface area contributed by atoms with Gasteiger partial charge in [-0.05, 0) is 18.0 Å². The number of carbonyl (C=O) groups excluding carboxylic acids is 1. The minimum atomic E-state index is -0.187. The topological polar surface area (TPSA) is 17.1 Å². The summed E-state index contributed by atoms with van der Waals surface area (Å²) in [7, 11) is 0. The highest BCUT2D eigenvalue weighted by molar-refractivity contribution is 6.63. The van der Waals surface area contributed by atoms with Crippen molar-refractivity contribution in [1.29, 1.82) is 0 Å². The molecule has 0 rings (SSSR count). The first-order valence-electron chi connectivity index (χ1n) is 5.95. The SMILES string of the molecule is CCCCCCCCCCCC(=O)Cl.F. The van der Waals surface area contributed by atoms with Crippen molar-refractivity contribution in [1.82, 2.24) is 0 Å². The van der Waals surface area contributed by atoms with Crippen LogP contribution in [0.4, 0.5) is 4.70 Å². The predicted molar refractivity (Wildman–Crippen MR) is 65.2 cm³/mol. The van der Waals surface area contributed by atoms with Gasteiger partial charge in [0.2, 0.25) is 5.24 Å². The van der Waals surface area contributed by atoms with Gasteiger partial charge in [0, 0.05) is 6.42 Å². The minimum absolute atomic E-state index is 0. The van der Waals surface area contributed by atoms with E-state index in [1.165, 1.54) is 44.9 Å². The first-order valence-corrected chi connectivity index (χ1v) is 6.33. The van der Waals surface area contributed by atoms with Gasteiger partial charge in [-0.3, -0.25) is 9.50 Å². The summed E-state index contributed by atoms with van der Waals surface area (Å²) < 4.78 is 0. The summed E-state index contributed by atoms with van der Waals surface area (Å²) in [5, 5.41) is -0.187. The number of carbonyl (C=O) groups is 1. The van der Waals surface area contributed by atoms with Crippen molar-refractivity contribution in [2.45, 2.75) is 71.1 Å². The van der Waals surface area contributed by atoms with Gasteiger partial charge in [0.1, 0.15) is 0 Å². The Hall–Kier alpha value is -0.110. The van der Waals surface area contributed by atoms with Crippen molar-refractivity contribution in [2.75, 3.05) is 0 Å². The Morgan fingerprint density at radius 1 is 0.867 bits per heavy atom. The summed E-state index contributed by atoms with van der Waals surface area (Å²) in [6.45, 7) is 2.24. The first-order chi connectivity index (χ1) is 6.77. The molecule has 0 fully saturated rings. The maximum Gasteiger partial charge on any atom is 0.221 e. The smallest absolute Gasteiger partial charge is 0.221 e. The number of hydrogen-bond donors (Lipinski definition) is 0. The fourth-order valence-electron chi connectivity index (χ4n) is 1.57. The lowest BCUT2D eigenvalue weighted by Crippen LogP contribution is -1.86. The molecule has 15 heavy (non-hydrogen) atoms. The Labute approximate surface area is 97.9 Å². The molecular weight excluding hydrogens is 215 g/mol. The summed E-state index contributed by atoms with van der Waals surface area (Å²) in [6.07, 6.45) is 12.1. The molecule has 0 aromatic carbocycles. The molecule has 0 radical (unpaired) electrons. The molecule has 0 aliphatic carbocycles. The van der Waals surface area contributed by atoms with E-state index in [1.807, 2.05) is 0 Å². The van der Waals surface area contributed by atoms with Gasteiger partial charge in [0.25, 0.3) is 0 Å². The molecule has 0 heterocycles.